The number of hydrazone groups is 1. The molecule has 0 saturated heterocycles. The predicted molar refractivity (Wildman–Crippen MR) is 104 cm³/mol. The molecule has 0 aliphatic carbocycles. The lowest BCUT2D eigenvalue weighted by Gasteiger charge is -2.22. The van der Waals surface area contributed by atoms with Crippen molar-refractivity contribution in [2.75, 3.05) is 18.1 Å². The largest absolute Gasteiger partial charge is 0.496 e. The Kier molecular flexibility index (Phi) is 5.18. The number of nitrogens with one attached hydrogen (secondary N) is 1. The molecule has 0 bridgehead atoms. The van der Waals surface area contributed by atoms with E-state index in [9.17, 15) is 13.2 Å². The summed E-state index contributed by atoms with van der Waals surface area (Å²) in [5, 5.41) is 5.97. The van der Waals surface area contributed by atoms with Gasteiger partial charge in [-0.1, -0.05) is 30.3 Å². The Morgan fingerprint density at radius 3 is 2.44 bits per heavy atom. The second kappa shape index (κ2) is 7.40. The molecule has 7 nitrogen and oxygen atoms in total. The number of sulfonamides is 1. The van der Waals surface area contributed by atoms with Gasteiger partial charge in [0, 0.05) is 24.6 Å². The van der Waals surface area contributed by atoms with E-state index in [-0.39, 0.29) is 11.9 Å². The molecule has 142 valence electrons. The highest BCUT2D eigenvalue weighted by atomic mass is 32.2. The molecular weight excluding hydrogens is 366 g/mol. The molecule has 0 radical (unpaired) electrons. The van der Waals surface area contributed by atoms with E-state index in [0.717, 1.165) is 23.1 Å². The Morgan fingerprint density at radius 2 is 1.85 bits per heavy atom. The van der Waals surface area contributed by atoms with E-state index in [4.69, 9.17) is 4.74 Å². The number of para-hydroxylation sites is 1. The number of hydrogen-bond donors (Lipinski definition) is 1. The number of methoxy groups -OCH3 is 1. The number of carbonyl (C=O) groups excluding carboxylic acids is 1. The van der Waals surface area contributed by atoms with Gasteiger partial charge in [0.1, 0.15) is 5.75 Å². The molecule has 0 spiro atoms. The van der Waals surface area contributed by atoms with Gasteiger partial charge in [-0.15, -0.1) is 0 Å². The molecule has 0 unspecified atom stereocenters. The fourth-order valence-electron chi connectivity index (χ4n) is 3.10. The summed E-state index contributed by atoms with van der Waals surface area (Å²) in [4.78, 5) is 12.1. The lowest BCUT2D eigenvalue weighted by Crippen LogP contribution is -2.24. The molecule has 1 amide bonds. The highest BCUT2D eigenvalue weighted by Crippen LogP contribution is 2.37. The van der Waals surface area contributed by atoms with E-state index in [1.54, 1.807) is 31.4 Å². The Balaban J connectivity index is 1.89. The minimum absolute atomic E-state index is 0.156. The zero-order valence-corrected chi connectivity index (χ0v) is 16.2. The van der Waals surface area contributed by atoms with Crippen molar-refractivity contribution >= 4 is 27.3 Å². The molecule has 3 rings (SSSR count). The van der Waals surface area contributed by atoms with Gasteiger partial charge in [-0.3, -0.25) is 9.52 Å². The van der Waals surface area contributed by atoms with Crippen molar-refractivity contribution < 1.29 is 17.9 Å². The molecule has 1 heterocycles. The number of hydrogen-bond acceptors (Lipinski definition) is 5. The minimum Gasteiger partial charge on any atom is -0.496 e. The van der Waals surface area contributed by atoms with Crippen molar-refractivity contribution in [1.29, 1.82) is 0 Å². The summed E-state index contributed by atoms with van der Waals surface area (Å²) in [5.74, 6) is 0.550. The van der Waals surface area contributed by atoms with Crippen LogP contribution in [-0.2, 0) is 14.8 Å². The second-order valence-electron chi connectivity index (χ2n) is 6.32. The number of carbonyl (C=O) groups is 1. The fraction of sp³-hybridized carbons (Fsp3) is 0.263. The number of benzene rings is 2. The third-order valence-electron chi connectivity index (χ3n) is 4.25. The molecule has 27 heavy (non-hydrogen) atoms. The van der Waals surface area contributed by atoms with Gasteiger partial charge in [0.2, 0.25) is 15.9 Å². The summed E-state index contributed by atoms with van der Waals surface area (Å²) in [6.45, 7) is 1.48. The fourth-order valence-corrected chi connectivity index (χ4v) is 3.67. The highest BCUT2D eigenvalue weighted by Gasteiger charge is 2.33. The third kappa shape index (κ3) is 4.28. The van der Waals surface area contributed by atoms with E-state index >= 15 is 0 Å². The Hall–Kier alpha value is -2.87. The topological polar surface area (TPSA) is 88.1 Å². The average Bonchev–Trinajstić information content (AvgIpc) is 3.06. The van der Waals surface area contributed by atoms with Crippen LogP contribution in [0.25, 0.3) is 0 Å². The van der Waals surface area contributed by atoms with Crippen molar-refractivity contribution in [1.82, 2.24) is 5.01 Å². The van der Waals surface area contributed by atoms with Gasteiger partial charge in [0.15, 0.2) is 0 Å². The number of amides is 1. The van der Waals surface area contributed by atoms with Crippen LogP contribution in [0.4, 0.5) is 5.69 Å². The van der Waals surface area contributed by atoms with Crippen LogP contribution in [0.3, 0.4) is 0 Å². The van der Waals surface area contributed by atoms with Gasteiger partial charge in [0.05, 0.1) is 25.1 Å². The molecular formula is C19H21N3O4S. The molecule has 1 aliphatic rings. The van der Waals surface area contributed by atoms with Crippen LogP contribution in [-0.4, -0.2) is 38.4 Å². The summed E-state index contributed by atoms with van der Waals surface area (Å²) in [5.41, 5.74) is 2.96. The molecule has 2 aromatic carbocycles. The smallest absolute Gasteiger partial charge is 0.240 e. The number of anilines is 1. The first kappa shape index (κ1) is 18.9. The SMILES string of the molecule is COc1ccccc1[C@@H]1CC(c2ccc(NS(C)(=O)=O)cc2)=NN1C(C)=O. The van der Waals surface area contributed by atoms with Crippen molar-refractivity contribution in [3.8, 4) is 5.75 Å². The Labute approximate surface area is 158 Å². The molecule has 1 atom stereocenters. The standard InChI is InChI=1S/C19H21N3O4S/c1-13(23)22-18(16-6-4-5-7-19(16)26-2)12-17(20-22)14-8-10-15(11-9-14)21-27(3,24)25/h4-11,18,21H,12H2,1-3H3/t18-/m0/s1. The average molecular weight is 387 g/mol. The summed E-state index contributed by atoms with van der Waals surface area (Å²) in [7, 11) is -1.73. The van der Waals surface area contributed by atoms with Crippen molar-refractivity contribution in [3.63, 3.8) is 0 Å². The maximum atomic E-state index is 12.1. The van der Waals surface area contributed by atoms with Crippen molar-refractivity contribution in [2.24, 2.45) is 5.10 Å². The summed E-state index contributed by atoms with van der Waals surface area (Å²) in [6, 6.07) is 14.2. The maximum absolute atomic E-state index is 12.1. The summed E-state index contributed by atoms with van der Waals surface area (Å²) in [6.07, 6.45) is 1.64. The Bertz CT molecular complexity index is 984. The van der Waals surface area contributed by atoms with Gasteiger partial charge >= 0.3 is 0 Å². The zero-order chi connectivity index (χ0) is 19.6. The quantitative estimate of drug-likeness (QED) is 0.854. The minimum atomic E-state index is -3.33. The van der Waals surface area contributed by atoms with E-state index in [1.807, 2.05) is 24.3 Å². The first-order chi connectivity index (χ1) is 12.8. The normalized spacial score (nSPS) is 16.8. The Morgan fingerprint density at radius 1 is 1.19 bits per heavy atom. The maximum Gasteiger partial charge on any atom is 0.240 e. The molecule has 0 saturated carbocycles. The van der Waals surface area contributed by atoms with Gasteiger partial charge in [-0.2, -0.15) is 5.10 Å². The summed E-state index contributed by atoms with van der Waals surface area (Å²) >= 11 is 0. The van der Waals surface area contributed by atoms with Crippen LogP contribution < -0.4 is 9.46 Å². The van der Waals surface area contributed by atoms with Crippen LogP contribution in [0.1, 0.15) is 30.5 Å². The van der Waals surface area contributed by atoms with Crippen LogP contribution in [0.5, 0.6) is 5.75 Å². The van der Waals surface area contributed by atoms with Crippen molar-refractivity contribution in [2.45, 2.75) is 19.4 Å². The van der Waals surface area contributed by atoms with Gasteiger partial charge in [0.25, 0.3) is 0 Å². The lowest BCUT2D eigenvalue weighted by atomic mass is 9.97. The van der Waals surface area contributed by atoms with E-state index < -0.39 is 10.0 Å². The zero-order valence-electron chi connectivity index (χ0n) is 15.3. The van der Waals surface area contributed by atoms with Crippen molar-refractivity contribution in [3.05, 3.63) is 59.7 Å². The van der Waals surface area contributed by atoms with E-state index in [1.165, 1.54) is 11.9 Å². The van der Waals surface area contributed by atoms with Crippen LogP contribution in [0.15, 0.2) is 53.6 Å². The lowest BCUT2D eigenvalue weighted by molar-refractivity contribution is -0.130. The number of ether oxygens (including phenoxy) is 1. The number of rotatable bonds is 5. The molecule has 0 aromatic heterocycles. The van der Waals surface area contributed by atoms with Crippen LogP contribution in [0, 0.1) is 0 Å². The van der Waals surface area contributed by atoms with E-state index in [2.05, 4.69) is 9.82 Å². The summed E-state index contributed by atoms with van der Waals surface area (Å²) < 4.78 is 30.5. The molecule has 1 aliphatic heterocycles. The first-order valence-electron chi connectivity index (χ1n) is 8.37. The molecule has 8 heteroatoms. The number of nitrogens with zero attached hydrogens (tertiary/aromatic N) is 2. The van der Waals surface area contributed by atoms with Crippen LogP contribution >= 0.6 is 0 Å². The molecule has 2 aromatic rings. The third-order valence-corrected chi connectivity index (χ3v) is 4.86. The van der Waals surface area contributed by atoms with E-state index in [0.29, 0.717) is 17.9 Å². The van der Waals surface area contributed by atoms with Crippen LogP contribution in [0.2, 0.25) is 0 Å². The first-order valence-corrected chi connectivity index (χ1v) is 10.3. The van der Waals surface area contributed by atoms with Gasteiger partial charge in [-0.25, -0.2) is 13.4 Å². The van der Waals surface area contributed by atoms with Gasteiger partial charge < -0.3 is 4.74 Å². The molecule has 1 N–H and O–H groups in total. The molecule has 0 fully saturated rings. The highest BCUT2D eigenvalue weighted by molar-refractivity contribution is 7.92. The second-order valence-corrected chi connectivity index (χ2v) is 8.07. The predicted octanol–water partition coefficient (Wildman–Crippen LogP) is 2.76. The van der Waals surface area contributed by atoms with Gasteiger partial charge in [-0.05, 0) is 23.8 Å². The monoisotopic (exact) mass is 387 g/mol.